The molecule has 0 atom stereocenters. The van der Waals surface area contributed by atoms with Crippen molar-refractivity contribution < 1.29 is 14.1 Å². The molecule has 1 fully saturated rings. The summed E-state index contributed by atoms with van der Waals surface area (Å²) >= 11 is 5.84. The molecule has 0 bridgehead atoms. The van der Waals surface area contributed by atoms with Crippen LogP contribution in [0.15, 0.2) is 28.8 Å². The second-order valence-electron chi connectivity index (χ2n) is 6.93. The van der Waals surface area contributed by atoms with Gasteiger partial charge in [0.2, 0.25) is 0 Å². The number of carbonyl (C=O) groups is 2. The van der Waals surface area contributed by atoms with Gasteiger partial charge in [-0.05, 0) is 30.5 Å². The highest BCUT2D eigenvalue weighted by Gasteiger charge is 2.20. The smallest absolute Gasteiger partial charge is 0.317 e. The fourth-order valence-electron chi connectivity index (χ4n) is 3.03. The fraction of sp³-hybridized carbons (Fsp3) is 0.474. The summed E-state index contributed by atoms with van der Waals surface area (Å²) in [5, 5.41) is 10.2. The monoisotopic (exact) mass is 405 g/mol. The molecule has 150 valence electrons. The van der Waals surface area contributed by atoms with Gasteiger partial charge in [0.1, 0.15) is 0 Å². The number of amides is 3. The molecule has 2 N–H and O–H groups in total. The predicted molar refractivity (Wildman–Crippen MR) is 104 cm³/mol. The van der Waals surface area contributed by atoms with Gasteiger partial charge in [-0.15, -0.1) is 0 Å². The summed E-state index contributed by atoms with van der Waals surface area (Å²) in [6.07, 6.45) is 4.82. The Bertz CT molecular complexity index is 802. The molecule has 3 amide bonds. The first-order valence-electron chi connectivity index (χ1n) is 9.38. The molecule has 1 aromatic heterocycles. The maximum Gasteiger partial charge on any atom is 0.317 e. The first-order chi connectivity index (χ1) is 13.5. The standard InChI is InChI=1S/C19H24ClN5O3/c1-25(19(27)22-15-4-2-3-5-15)11-10-16-23-18(28-24-16)17(26)21-12-13-6-8-14(20)9-7-13/h6-9,15H,2-5,10-12H2,1H3,(H,21,26)(H,22,27). The lowest BCUT2D eigenvalue weighted by Crippen LogP contribution is -2.42. The molecule has 1 heterocycles. The molecule has 1 aliphatic rings. The number of aromatic nitrogens is 2. The highest BCUT2D eigenvalue weighted by molar-refractivity contribution is 6.30. The number of likely N-dealkylation sites (N-methyl/N-ethyl adjacent to an activating group) is 1. The van der Waals surface area contributed by atoms with Gasteiger partial charge in [0, 0.05) is 37.6 Å². The molecule has 0 saturated heterocycles. The quantitative estimate of drug-likeness (QED) is 0.737. The van der Waals surface area contributed by atoms with Gasteiger partial charge < -0.3 is 20.1 Å². The molecular weight excluding hydrogens is 382 g/mol. The Hall–Kier alpha value is -2.61. The van der Waals surface area contributed by atoms with Crippen molar-refractivity contribution in [2.45, 2.75) is 44.7 Å². The third-order valence-corrected chi connectivity index (χ3v) is 4.98. The average Bonchev–Trinajstić information content (AvgIpc) is 3.37. The lowest BCUT2D eigenvalue weighted by molar-refractivity contribution is 0.0907. The SMILES string of the molecule is CN(CCc1noc(C(=O)NCc2ccc(Cl)cc2)n1)C(=O)NC1CCCC1. The molecular formula is C19H24ClN5O3. The molecule has 1 aliphatic carbocycles. The number of hydrogen-bond acceptors (Lipinski definition) is 5. The van der Waals surface area contributed by atoms with E-state index in [1.807, 2.05) is 12.1 Å². The minimum absolute atomic E-state index is 0.0953. The van der Waals surface area contributed by atoms with Crippen LogP contribution in [0, 0.1) is 0 Å². The summed E-state index contributed by atoms with van der Waals surface area (Å²) in [6.45, 7) is 0.766. The Kier molecular flexibility index (Phi) is 6.86. The molecule has 3 rings (SSSR count). The van der Waals surface area contributed by atoms with Crippen LogP contribution in [0.3, 0.4) is 0 Å². The van der Waals surface area contributed by atoms with Gasteiger partial charge in [-0.2, -0.15) is 4.98 Å². The van der Waals surface area contributed by atoms with Crippen LogP contribution < -0.4 is 10.6 Å². The largest absolute Gasteiger partial charge is 0.344 e. The maximum atomic E-state index is 12.2. The Balaban J connectivity index is 1.43. The molecule has 9 heteroatoms. The van der Waals surface area contributed by atoms with E-state index in [0.29, 0.717) is 30.4 Å². The van der Waals surface area contributed by atoms with Crippen LogP contribution in [0.25, 0.3) is 0 Å². The van der Waals surface area contributed by atoms with Gasteiger partial charge in [0.05, 0.1) is 0 Å². The normalized spacial score (nSPS) is 14.1. The van der Waals surface area contributed by atoms with E-state index in [-0.39, 0.29) is 18.0 Å². The van der Waals surface area contributed by atoms with Crippen molar-refractivity contribution >= 4 is 23.5 Å². The number of benzene rings is 1. The van der Waals surface area contributed by atoms with Gasteiger partial charge >= 0.3 is 17.8 Å². The summed E-state index contributed by atoms with van der Waals surface area (Å²) < 4.78 is 5.02. The minimum Gasteiger partial charge on any atom is -0.344 e. The van der Waals surface area contributed by atoms with Gasteiger partial charge in [0.25, 0.3) is 0 Å². The van der Waals surface area contributed by atoms with E-state index in [4.69, 9.17) is 16.1 Å². The molecule has 2 aromatic rings. The van der Waals surface area contributed by atoms with Crippen LogP contribution in [0.5, 0.6) is 0 Å². The lowest BCUT2D eigenvalue weighted by atomic mass is 10.2. The van der Waals surface area contributed by atoms with Crippen molar-refractivity contribution in [2.75, 3.05) is 13.6 Å². The first-order valence-corrected chi connectivity index (χ1v) is 9.76. The van der Waals surface area contributed by atoms with Crippen LogP contribution in [0.1, 0.15) is 47.8 Å². The highest BCUT2D eigenvalue weighted by atomic mass is 35.5. The number of hydrogen-bond donors (Lipinski definition) is 2. The van der Waals surface area contributed by atoms with E-state index in [1.54, 1.807) is 24.1 Å². The summed E-state index contributed by atoms with van der Waals surface area (Å²) in [4.78, 5) is 30.0. The van der Waals surface area contributed by atoms with Crippen molar-refractivity contribution in [1.82, 2.24) is 25.7 Å². The van der Waals surface area contributed by atoms with Gasteiger partial charge in [0.15, 0.2) is 5.82 Å². The Morgan fingerprint density at radius 3 is 2.68 bits per heavy atom. The topological polar surface area (TPSA) is 100 Å². The van der Waals surface area contributed by atoms with Gasteiger partial charge in [-0.25, -0.2) is 4.79 Å². The van der Waals surface area contributed by atoms with Crippen molar-refractivity contribution in [1.29, 1.82) is 0 Å². The van der Waals surface area contributed by atoms with Crippen molar-refractivity contribution in [3.05, 3.63) is 46.6 Å². The molecule has 1 aromatic carbocycles. The maximum absolute atomic E-state index is 12.2. The lowest BCUT2D eigenvalue weighted by Gasteiger charge is -2.20. The van der Waals surface area contributed by atoms with Crippen molar-refractivity contribution in [3.8, 4) is 0 Å². The van der Waals surface area contributed by atoms with E-state index in [9.17, 15) is 9.59 Å². The van der Waals surface area contributed by atoms with Gasteiger partial charge in [-0.1, -0.05) is 41.7 Å². The second-order valence-corrected chi connectivity index (χ2v) is 7.36. The zero-order valence-corrected chi connectivity index (χ0v) is 16.5. The summed E-state index contributed by atoms with van der Waals surface area (Å²) in [5.74, 6) is -0.153. The zero-order valence-electron chi connectivity index (χ0n) is 15.8. The van der Waals surface area contributed by atoms with Crippen LogP contribution >= 0.6 is 11.6 Å². The van der Waals surface area contributed by atoms with E-state index in [2.05, 4.69) is 20.8 Å². The molecule has 28 heavy (non-hydrogen) atoms. The summed E-state index contributed by atoms with van der Waals surface area (Å²) in [6, 6.07) is 7.34. The van der Waals surface area contributed by atoms with Crippen LogP contribution in [-0.4, -0.2) is 46.6 Å². The Labute approximate surface area is 168 Å². The molecule has 0 radical (unpaired) electrons. The third-order valence-electron chi connectivity index (χ3n) is 4.73. The Morgan fingerprint density at radius 2 is 1.96 bits per heavy atom. The third kappa shape index (κ3) is 5.69. The molecule has 8 nitrogen and oxygen atoms in total. The summed E-state index contributed by atoms with van der Waals surface area (Å²) in [5.41, 5.74) is 0.910. The molecule has 0 aliphatic heterocycles. The Morgan fingerprint density at radius 1 is 1.25 bits per heavy atom. The predicted octanol–water partition coefficient (Wildman–Crippen LogP) is 2.78. The summed E-state index contributed by atoms with van der Waals surface area (Å²) in [7, 11) is 1.73. The molecule has 1 saturated carbocycles. The van der Waals surface area contributed by atoms with E-state index >= 15 is 0 Å². The van der Waals surface area contributed by atoms with Crippen molar-refractivity contribution in [3.63, 3.8) is 0 Å². The first kappa shape index (κ1) is 20.1. The van der Waals surface area contributed by atoms with Crippen LogP contribution in [-0.2, 0) is 13.0 Å². The second kappa shape index (κ2) is 9.54. The van der Waals surface area contributed by atoms with Crippen LogP contribution in [0.4, 0.5) is 4.79 Å². The number of carbonyl (C=O) groups excluding carboxylic acids is 2. The van der Waals surface area contributed by atoms with E-state index in [0.717, 1.165) is 18.4 Å². The average molecular weight is 406 g/mol. The van der Waals surface area contributed by atoms with E-state index in [1.165, 1.54) is 12.8 Å². The number of nitrogens with zero attached hydrogens (tertiary/aromatic N) is 3. The molecule has 0 spiro atoms. The van der Waals surface area contributed by atoms with Crippen molar-refractivity contribution in [2.24, 2.45) is 0 Å². The highest BCUT2D eigenvalue weighted by Crippen LogP contribution is 2.17. The number of halogens is 1. The zero-order chi connectivity index (χ0) is 19.9. The fourth-order valence-corrected chi connectivity index (χ4v) is 3.16. The molecule has 0 unspecified atom stereocenters. The van der Waals surface area contributed by atoms with Crippen LogP contribution in [0.2, 0.25) is 5.02 Å². The number of nitrogens with one attached hydrogen (secondary N) is 2. The number of rotatable bonds is 7. The number of urea groups is 1. The van der Waals surface area contributed by atoms with E-state index < -0.39 is 5.91 Å². The minimum atomic E-state index is -0.443. The van der Waals surface area contributed by atoms with Gasteiger partial charge in [-0.3, -0.25) is 4.79 Å².